The first-order valence-electron chi connectivity index (χ1n) is 25.3. The van der Waals surface area contributed by atoms with Crippen molar-refractivity contribution in [3.63, 3.8) is 0 Å². The Morgan fingerprint density at radius 2 is 0.961 bits per heavy atom. The summed E-state index contributed by atoms with van der Waals surface area (Å²) in [6.07, 6.45) is 20.1. The second-order valence-corrected chi connectivity index (χ2v) is 15.4. The van der Waals surface area contributed by atoms with E-state index in [1.165, 1.54) is 86.3 Å². The number of carbonyl (C=O) groups excluding carboxylic acids is 6. The lowest BCUT2D eigenvalue weighted by Gasteiger charge is -2.16. The number of terminal acetylenes is 3. The van der Waals surface area contributed by atoms with Crippen LogP contribution in [0.1, 0.15) is 129 Å². The number of carboxylic acid groups (broad SMARTS) is 1. The summed E-state index contributed by atoms with van der Waals surface area (Å²) >= 11 is 4.60. The molecule has 2 heterocycles. The van der Waals surface area contributed by atoms with E-state index in [0.29, 0.717) is 18.4 Å². The third-order valence-corrected chi connectivity index (χ3v) is 9.96. The lowest BCUT2D eigenvalue weighted by molar-refractivity contribution is -0.145. The minimum atomic E-state index is -1.01. The van der Waals surface area contributed by atoms with E-state index in [-0.39, 0.29) is 31.6 Å². The summed E-state index contributed by atoms with van der Waals surface area (Å²) in [5, 5.41) is 10.6. The largest absolute Gasteiger partial charge is 0.515 e. The Labute approximate surface area is 464 Å². The van der Waals surface area contributed by atoms with Crippen molar-refractivity contribution in [2.24, 2.45) is 5.73 Å². The minimum Gasteiger partial charge on any atom is -0.481 e. The summed E-state index contributed by atoms with van der Waals surface area (Å²) in [5.74, 6) is 4.14. The van der Waals surface area contributed by atoms with Crippen LogP contribution < -0.4 is 11.1 Å². The second-order valence-electron chi connectivity index (χ2n) is 15.1. The van der Waals surface area contributed by atoms with Crippen molar-refractivity contribution in [1.82, 2.24) is 15.1 Å². The molecule has 4 rings (SSSR count). The van der Waals surface area contributed by atoms with E-state index >= 15 is 0 Å². The molecule has 0 bridgehead atoms. The summed E-state index contributed by atoms with van der Waals surface area (Å²) in [4.78, 5) is 78.8. The molecule has 2 aliphatic heterocycles. The van der Waals surface area contributed by atoms with Crippen molar-refractivity contribution in [1.29, 1.82) is 0 Å². The fourth-order valence-electron chi connectivity index (χ4n) is 5.29. The number of nitrogens with zero attached hydrogens (tertiary/aromatic N) is 2. The summed E-state index contributed by atoms with van der Waals surface area (Å²) in [7, 11) is 4.95. The fourth-order valence-corrected chi connectivity index (χ4v) is 5.29. The van der Waals surface area contributed by atoms with E-state index in [1.807, 2.05) is 24.3 Å². The van der Waals surface area contributed by atoms with E-state index < -0.39 is 47.5 Å². The van der Waals surface area contributed by atoms with Crippen LogP contribution in [0.4, 0.5) is 9.59 Å². The molecule has 2 saturated heterocycles. The van der Waals surface area contributed by atoms with Crippen LogP contribution in [0.3, 0.4) is 0 Å². The second kappa shape index (κ2) is 60.4. The Morgan fingerprint density at radius 1 is 0.597 bits per heavy atom. The number of amides is 1. The minimum absolute atomic E-state index is 0.0333. The fraction of sp³-hybridized carbons (Fsp3) is 0.561. The third kappa shape index (κ3) is 55.6. The molecule has 2 fully saturated rings. The molecule has 0 unspecified atom stereocenters. The van der Waals surface area contributed by atoms with Crippen LogP contribution in [0.25, 0.3) is 0 Å². The Bertz CT molecular complexity index is 1860. The maximum atomic E-state index is 11.6. The van der Waals surface area contributed by atoms with Crippen LogP contribution >= 0.6 is 11.6 Å². The topological polar surface area (TPSA) is 249 Å². The van der Waals surface area contributed by atoms with Crippen molar-refractivity contribution in [3.8, 4) is 37.0 Å². The predicted octanol–water partition coefficient (Wildman–Crippen LogP) is 8.76. The van der Waals surface area contributed by atoms with Gasteiger partial charge in [-0.1, -0.05) is 102 Å². The quantitative estimate of drug-likeness (QED) is 0.0440. The van der Waals surface area contributed by atoms with Gasteiger partial charge in [-0.05, 0) is 76.1 Å². The van der Waals surface area contributed by atoms with Gasteiger partial charge in [0.1, 0.15) is 6.04 Å². The van der Waals surface area contributed by atoms with E-state index in [9.17, 15) is 33.6 Å². The van der Waals surface area contributed by atoms with Crippen molar-refractivity contribution in [2.45, 2.75) is 118 Å². The van der Waals surface area contributed by atoms with E-state index in [2.05, 4.69) is 110 Å². The number of hydrogen-bond acceptors (Lipinski definition) is 17. The molecule has 1 amide bonds. The van der Waals surface area contributed by atoms with Crippen LogP contribution in [0, 0.1) is 37.0 Å². The molecule has 20 heteroatoms. The highest BCUT2D eigenvalue weighted by atomic mass is 35.5. The number of methoxy groups -OCH3 is 4. The zero-order chi connectivity index (χ0) is 59.5. The molecule has 0 radical (unpaired) electrons. The van der Waals surface area contributed by atoms with Crippen molar-refractivity contribution in [3.05, 3.63) is 71.8 Å². The van der Waals surface area contributed by atoms with E-state index in [4.69, 9.17) is 39.6 Å². The van der Waals surface area contributed by atoms with Crippen molar-refractivity contribution < 1.29 is 71.8 Å². The average molecular weight is 1110 g/mol. The number of benzene rings is 2. The van der Waals surface area contributed by atoms with Gasteiger partial charge < -0.3 is 59.1 Å². The van der Waals surface area contributed by atoms with Crippen LogP contribution in [-0.4, -0.2) is 150 Å². The molecule has 19 nitrogen and oxygen atoms in total. The zero-order valence-electron chi connectivity index (χ0n) is 47.3. The maximum absolute atomic E-state index is 11.6. The lowest BCUT2D eigenvalue weighted by Crippen LogP contribution is -2.34. The zero-order valence-corrected chi connectivity index (χ0v) is 48.1. The predicted molar refractivity (Wildman–Crippen MR) is 300 cm³/mol. The Kier molecular flexibility index (Phi) is 62.2. The monoisotopic (exact) mass is 1100 g/mol. The molecule has 77 heavy (non-hydrogen) atoms. The van der Waals surface area contributed by atoms with Gasteiger partial charge in [-0.3, -0.25) is 19.2 Å². The molecule has 0 aromatic heterocycles. The molecular formula is C57H89ClN4O15. The van der Waals surface area contributed by atoms with Gasteiger partial charge in [0.2, 0.25) is 5.91 Å². The number of carboxylic acids is 1. The molecule has 0 aliphatic carbocycles. The smallest absolute Gasteiger partial charge is 0.481 e. The molecule has 2 aliphatic rings. The first-order chi connectivity index (χ1) is 36.9. The van der Waals surface area contributed by atoms with Gasteiger partial charge in [-0.25, -0.2) is 14.4 Å². The van der Waals surface area contributed by atoms with E-state index in [1.54, 1.807) is 36.4 Å². The van der Waals surface area contributed by atoms with Crippen molar-refractivity contribution in [2.75, 3.05) is 94.1 Å². The highest BCUT2D eigenvalue weighted by Crippen LogP contribution is 2.14. The first kappa shape index (κ1) is 79.4. The summed E-state index contributed by atoms with van der Waals surface area (Å²) < 4.78 is 31.1. The van der Waals surface area contributed by atoms with Crippen LogP contribution in [0.5, 0.6) is 0 Å². The third-order valence-electron chi connectivity index (χ3n) is 9.80. The number of esters is 3. The summed E-state index contributed by atoms with van der Waals surface area (Å²) in [5.41, 5.74) is 6.25. The first-order valence-corrected chi connectivity index (χ1v) is 25.7. The lowest BCUT2D eigenvalue weighted by atomic mass is 10.1. The molecule has 2 aromatic rings. The highest BCUT2D eigenvalue weighted by molar-refractivity contribution is 6.61. The number of nitrogens with one attached hydrogen (secondary N) is 1. The van der Waals surface area contributed by atoms with Gasteiger partial charge in [0, 0.05) is 63.7 Å². The van der Waals surface area contributed by atoms with E-state index in [0.717, 1.165) is 39.1 Å². The summed E-state index contributed by atoms with van der Waals surface area (Å²) in [6, 6.07) is 16.6. The molecule has 2 atom stereocenters. The highest BCUT2D eigenvalue weighted by Gasteiger charge is 2.23. The number of ether oxygens (including phenoxy) is 7. The van der Waals surface area contributed by atoms with Gasteiger partial charge in [-0.15, -0.1) is 37.0 Å². The molecular weight excluding hydrogens is 1020 g/mol. The van der Waals surface area contributed by atoms with Gasteiger partial charge in [-0.2, -0.15) is 0 Å². The maximum Gasteiger partial charge on any atom is 0.515 e. The van der Waals surface area contributed by atoms with Gasteiger partial charge >= 0.3 is 35.5 Å². The van der Waals surface area contributed by atoms with Gasteiger partial charge in [0.25, 0.3) is 0 Å². The normalized spacial score (nSPS) is 11.7. The Hall–Kier alpha value is -6.50. The number of halogens is 1. The molecule has 0 saturated carbocycles. The Morgan fingerprint density at radius 3 is 1.23 bits per heavy atom. The standard InChI is InChI=1S/C14H15NO3.C9H11NO2.C7H8O4.2C6H15N.C5H6O2.2C4H8O.C2H3ClO2/c1-3-4-10-12(16)15-13(14(17)18-2)11-8-6-5-7-9-11;1-12-9(11)8(10)7-5-3-2-4-6-7;1-3-4-5-6(8)11-7(9)10-2;2*1-4-7(5-2)6-3;1-2-3-4-5(6)7;2*1-2-4-5-3-1;1-5-2(3)4/h1,5-9,13H,4,10H2,2H3,(H,15,16);2-6,8H,10H2,1H3;1H,4-5H2,2H3;2*4-6H2,1-3H3;1H,3-4H2,(H,6,7);2*1-4H2;1H3/t13-;8-;;;;;;;/m11......./s1. The number of hydrogen-bond donors (Lipinski definition) is 3. The number of rotatable bonds is 17. The van der Waals surface area contributed by atoms with Gasteiger partial charge in [0.05, 0.1) is 41.3 Å². The molecule has 4 N–H and O–H groups in total. The van der Waals surface area contributed by atoms with Crippen LogP contribution in [0.15, 0.2) is 60.7 Å². The van der Waals surface area contributed by atoms with Crippen LogP contribution in [0.2, 0.25) is 0 Å². The van der Waals surface area contributed by atoms with Crippen LogP contribution in [-0.2, 0) is 57.1 Å². The molecule has 434 valence electrons. The number of nitrogens with two attached hydrogens (primary N) is 1. The number of carbonyl (C=O) groups is 7. The average Bonchev–Trinajstić information content (AvgIpc) is 4.26. The summed E-state index contributed by atoms with van der Waals surface area (Å²) in [6.45, 7) is 24.2. The van der Waals surface area contributed by atoms with Crippen molar-refractivity contribution >= 4 is 53.0 Å². The number of aliphatic carboxylic acids is 1. The Balaban J connectivity index is -0.000000262. The molecule has 2 aromatic carbocycles. The molecule has 0 spiro atoms. The SMILES string of the molecule is C#CCCC(=O)N[C@@H](C(=O)OC)c1ccccc1.C#CCCC(=O)O.C#CCCC(=O)OC(=O)OC.C1CCOC1.C1CCOC1.CCN(CC)CC.CCN(CC)CC.COC(=O)Cl.COC(=O)[C@H](N)c1ccccc1. The van der Waals surface area contributed by atoms with Gasteiger partial charge in [0.15, 0.2) is 6.04 Å².